The van der Waals surface area contributed by atoms with E-state index in [1.807, 2.05) is 0 Å². The fraction of sp³-hybridized carbons (Fsp3) is 0.300. The lowest BCUT2D eigenvalue weighted by atomic mass is 10.1. The number of nitro benzene ring substituents is 1. The number of rotatable bonds is 4. The second kappa shape index (κ2) is 8.08. The van der Waals surface area contributed by atoms with Crippen LogP contribution in [0.4, 0.5) is 5.69 Å². The number of nitro groups is 1. The number of aryl methyl sites for hydroxylation is 1. The number of piperazine rings is 1. The lowest BCUT2D eigenvalue weighted by Gasteiger charge is -2.34. The topological polar surface area (TPSA) is 93.0 Å². The van der Waals surface area contributed by atoms with E-state index in [9.17, 15) is 19.7 Å². The van der Waals surface area contributed by atoms with Crippen molar-refractivity contribution in [3.8, 4) is 5.75 Å². The molecule has 0 atom stereocenters. The summed E-state index contributed by atoms with van der Waals surface area (Å²) in [6, 6.07) is 11.6. The largest absolute Gasteiger partial charge is 0.497 e. The smallest absolute Gasteiger partial charge is 0.285 e. The minimum Gasteiger partial charge on any atom is -0.497 e. The van der Waals surface area contributed by atoms with Gasteiger partial charge in [0.2, 0.25) is 0 Å². The maximum Gasteiger partial charge on any atom is 0.285 e. The summed E-state index contributed by atoms with van der Waals surface area (Å²) in [4.78, 5) is 39.5. The van der Waals surface area contributed by atoms with Gasteiger partial charge in [0.15, 0.2) is 0 Å². The third-order valence-corrected chi connectivity index (χ3v) is 4.84. The second-order valence-corrected chi connectivity index (χ2v) is 6.54. The predicted octanol–water partition coefficient (Wildman–Crippen LogP) is 2.51. The summed E-state index contributed by atoms with van der Waals surface area (Å²) in [6.45, 7) is 3.00. The molecule has 8 heteroatoms. The van der Waals surface area contributed by atoms with E-state index in [-0.39, 0.29) is 23.1 Å². The van der Waals surface area contributed by atoms with Gasteiger partial charge in [-0.25, -0.2) is 0 Å². The van der Waals surface area contributed by atoms with E-state index in [4.69, 9.17) is 4.74 Å². The summed E-state index contributed by atoms with van der Waals surface area (Å²) in [7, 11) is 1.56. The SMILES string of the molecule is COc1ccc(C(=O)N2CCN(C(=O)c3cccc(C)c3[N+](=O)[O-])CC2)cc1. The fourth-order valence-corrected chi connectivity index (χ4v) is 3.27. The van der Waals surface area contributed by atoms with Crippen LogP contribution in [0.1, 0.15) is 26.3 Å². The molecule has 0 radical (unpaired) electrons. The maximum atomic E-state index is 12.8. The molecule has 1 aliphatic rings. The number of carbonyl (C=O) groups excluding carboxylic acids is 2. The Bertz CT molecular complexity index is 903. The van der Waals surface area contributed by atoms with Gasteiger partial charge in [0, 0.05) is 37.3 Å². The Kier molecular flexibility index (Phi) is 5.58. The standard InChI is InChI=1S/C20H21N3O5/c1-14-4-3-5-17(18(14)23(26)27)20(25)22-12-10-21(11-13-22)19(24)15-6-8-16(28-2)9-7-15/h3-9H,10-13H2,1-2H3. The van der Waals surface area contributed by atoms with Crippen molar-refractivity contribution < 1.29 is 19.2 Å². The van der Waals surface area contributed by atoms with Crippen LogP contribution in [0.25, 0.3) is 0 Å². The van der Waals surface area contributed by atoms with E-state index < -0.39 is 4.92 Å². The summed E-state index contributed by atoms with van der Waals surface area (Å²) in [5.74, 6) is 0.176. The molecule has 146 valence electrons. The Morgan fingerprint density at radius 3 is 2.07 bits per heavy atom. The number of benzene rings is 2. The van der Waals surface area contributed by atoms with E-state index in [0.717, 1.165) is 0 Å². The van der Waals surface area contributed by atoms with Gasteiger partial charge in [-0.2, -0.15) is 0 Å². The van der Waals surface area contributed by atoms with Gasteiger partial charge in [-0.3, -0.25) is 19.7 Å². The predicted molar refractivity (Wildman–Crippen MR) is 103 cm³/mol. The van der Waals surface area contributed by atoms with Crippen molar-refractivity contribution in [2.45, 2.75) is 6.92 Å². The molecule has 2 aromatic carbocycles. The number of nitrogens with zero attached hydrogens (tertiary/aromatic N) is 3. The number of carbonyl (C=O) groups is 2. The number of methoxy groups -OCH3 is 1. The van der Waals surface area contributed by atoms with Crippen LogP contribution in [0.5, 0.6) is 5.75 Å². The van der Waals surface area contributed by atoms with Crippen LogP contribution in [0.2, 0.25) is 0 Å². The van der Waals surface area contributed by atoms with E-state index in [2.05, 4.69) is 0 Å². The lowest BCUT2D eigenvalue weighted by molar-refractivity contribution is -0.385. The van der Waals surface area contributed by atoms with Gasteiger partial charge in [-0.05, 0) is 37.3 Å². The highest BCUT2D eigenvalue weighted by Gasteiger charge is 2.30. The molecule has 1 heterocycles. The van der Waals surface area contributed by atoms with Crippen molar-refractivity contribution in [3.63, 3.8) is 0 Å². The highest BCUT2D eigenvalue weighted by atomic mass is 16.6. The van der Waals surface area contributed by atoms with Crippen LogP contribution in [0.3, 0.4) is 0 Å². The summed E-state index contributed by atoms with van der Waals surface area (Å²) < 4.78 is 5.09. The molecule has 3 rings (SSSR count). The molecule has 8 nitrogen and oxygen atoms in total. The monoisotopic (exact) mass is 383 g/mol. The molecular formula is C20H21N3O5. The zero-order valence-corrected chi connectivity index (χ0v) is 15.8. The molecule has 0 N–H and O–H groups in total. The van der Waals surface area contributed by atoms with Crippen LogP contribution in [-0.2, 0) is 0 Å². The lowest BCUT2D eigenvalue weighted by Crippen LogP contribution is -2.50. The van der Waals surface area contributed by atoms with Crippen LogP contribution in [-0.4, -0.2) is 59.8 Å². The first-order chi connectivity index (χ1) is 13.4. The minimum absolute atomic E-state index is 0.0833. The van der Waals surface area contributed by atoms with Gasteiger partial charge >= 0.3 is 0 Å². The van der Waals surface area contributed by atoms with Gasteiger partial charge in [0.25, 0.3) is 17.5 Å². The van der Waals surface area contributed by atoms with Crippen molar-refractivity contribution in [2.75, 3.05) is 33.3 Å². The van der Waals surface area contributed by atoms with Crippen molar-refractivity contribution in [1.82, 2.24) is 9.80 Å². The van der Waals surface area contributed by atoms with Crippen molar-refractivity contribution >= 4 is 17.5 Å². The number of amides is 2. The molecule has 2 amide bonds. The van der Waals surface area contributed by atoms with E-state index in [1.165, 1.54) is 6.07 Å². The molecular weight excluding hydrogens is 362 g/mol. The third-order valence-electron chi connectivity index (χ3n) is 4.84. The first-order valence-corrected chi connectivity index (χ1v) is 8.89. The van der Waals surface area contributed by atoms with Crippen molar-refractivity contribution in [3.05, 3.63) is 69.3 Å². The molecule has 1 aliphatic heterocycles. The minimum atomic E-state index is -0.522. The molecule has 1 fully saturated rings. The number of hydrogen-bond donors (Lipinski definition) is 0. The van der Waals surface area contributed by atoms with Crippen LogP contribution in [0, 0.1) is 17.0 Å². The summed E-state index contributed by atoms with van der Waals surface area (Å²) in [6.07, 6.45) is 0. The summed E-state index contributed by atoms with van der Waals surface area (Å²) in [5, 5.41) is 11.3. The van der Waals surface area contributed by atoms with Gasteiger partial charge in [-0.1, -0.05) is 12.1 Å². The average molecular weight is 383 g/mol. The normalized spacial score (nSPS) is 13.9. The first-order valence-electron chi connectivity index (χ1n) is 8.89. The molecule has 0 aromatic heterocycles. The number of para-hydroxylation sites is 1. The first kappa shape index (κ1) is 19.3. The van der Waals surface area contributed by atoms with Crippen LogP contribution >= 0.6 is 0 Å². The Labute approximate surface area is 162 Å². The van der Waals surface area contributed by atoms with Crippen LogP contribution in [0.15, 0.2) is 42.5 Å². The highest BCUT2D eigenvalue weighted by Crippen LogP contribution is 2.25. The molecule has 0 aliphatic carbocycles. The summed E-state index contributed by atoms with van der Waals surface area (Å²) >= 11 is 0. The Balaban J connectivity index is 1.68. The second-order valence-electron chi connectivity index (χ2n) is 6.54. The Morgan fingerprint density at radius 2 is 1.54 bits per heavy atom. The van der Waals surface area contributed by atoms with E-state index in [0.29, 0.717) is 43.1 Å². The number of ether oxygens (including phenoxy) is 1. The van der Waals surface area contributed by atoms with Gasteiger partial charge in [-0.15, -0.1) is 0 Å². The van der Waals surface area contributed by atoms with E-state index >= 15 is 0 Å². The Hall–Kier alpha value is -3.42. The number of hydrogen-bond acceptors (Lipinski definition) is 5. The van der Waals surface area contributed by atoms with Gasteiger partial charge in [0.1, 0.15) is 11.3 Å². The zero-order chi connectivity index (χ0) is 20.3. The third kappa shape index (κ3) is 3.80. The van der Waals surface area contributed by atoms with Crippen LogP contribution < -0.4 is 4.74 Å². The molecule has 0 spiro atoms. The zero-order valence-electron chi connectivity index (χ0n) is 15.8. The highest BCUT2D eigenvalue weighted by molar-refractivity contribution is 5.99. The van der Waals surface area contributed by atoms with E-state index in [1.54, 1.807) is 60.2 Å². The quantitative estimate of drug-likeness (QED) is 0.597. The summed E-state index contributed by atoms with van der Waals surface area (Å²) in [5.41, 5.74) is 0.920. The van der Waals surface area contributed by atoms with Crippen molar-refractivity contribution in [1.29, 1.82) is 0 Å². The molecule has 1 saturated heterocycles. The Morgan fingerprint density at radius 1 is 0.964 bits per heavy atom. The molecule has 2 aromatic rings. The maximum absolute atomic E-state index is 12.8. The molecule has 0 unspecified atom stereocenters. The molecule has 0 saturated carbocycles. The molecule has 28 heavy (non-hydrogen) atoms. The molecule has 0 bridgehead atoms. The van der Waals surface area contributed by atoms with Gasteiger partial charge in [0.05, 0.1) is 12.0 Å². The van der Waals surface area contributed by atoms with Gasteiger partial charge < -0.3 is 14.5 Å². The van der Waals surface area contributed by atoms with Crippen molar-refractivity contribution in [2.24, 2.45) is 0 Å². The average Bonchev–Trinajstić information content (AvgIpc) is 2.72. The fourth-order valence-electron chi connectivity index (χ4n) is 3.27.